The van der Waals surface area contributed by atoms with Gasteiger partial charge in [0.05, 0.1) is 0 Å². The average molecular weight is 349 g/mol. The highest BCUT2D eigenvalue weighted by molar-refractivity contribution is 9.10. The lowest BCUT2D eigenvalue weighted by atomic mass is 10.2. The van der Waals surface area contributed by atoms with E-state index in [2.05, 4.69) is 50.4 Å². The summed E-state index contributed by atoms with van der Waals surface area (Å²) in [6.45, 7) is 7.09. The third-order valence-electron chi connectivity index (χ3n) is 3.10. The van der Waals surface area contributed by atoms with Crippen molar-refractivity contribution in [2.24, 2.45) is 0 Å². The third-order valence-corrected chi connectivity index (χ3v) is 3.59. The minimum Gasteiger partial charge on any atom is -0.370 e. The van der Waals surface area contributed by atoms with E-state index in [0.717, 1.165) is 52.6 Å². The number of hydrogen-bond acceptors (Lipinski definition) is 4. The van der Waals surface area contributed by atoms with Crippen LogP contribution in [-0.2, 0) is 6.42 Å². The maximum atomic E-state index is 4.65. The first-order valence-electron chi connectivity index (χ1n) is 7.28. The molecule has 1 aromatic heterocycles. The van der Waals surface area contributed by atoms with Gasteiger partial charge in [-0.05, 0) is 38.5 Å². The highest BCUT2D eigenvalue weighted by Crippen LogP contribution is 2.25. The second kappa shape index (κ2) is 7.41. The topological polar surface area (TPSA) is 49.8 Å². The van der Waals surface area contributed by atoms with Gasteiger partial charge >= 0.3 is 0 Å². The Morgan fingerprint density at radius 3 is 2.57 bits per heavy atom. The second-order valence-corrected chi connectivity index (χ2v) is 5.79. The Kier molecular flexibility index (Phi) is 5.56. The van der Waals surface area contributed by atoms with Crippen molar-refractivity contribution in [3.8, 4) is 0 Å². The molecule has 0 aliphatic heterocycles. The molecule has 5 heteroatoms. The van der Waals surface area contributed by atoms with Crippen LogP contribution in [0.2, 0.25) is 0 Å². The van der Waals surface area contributed by atoms with E-state index < -0.39 is 0 Å². The molecule has 112 valence electrons. The summed E-state index contributed by atoms with van der Waals surface area (Å²) in [5.41, 5.74) is 2.05. The molecular formula is C16H21BrN4. The number of halogens is 1. The summed E-state index contributed by atoms with van der Waals surface area (Å²) in [5, 5.41) is 6.70. The molecule has 21 heavy (non-hydrogen) atoms. The molecule has 0 unspecified atom stereocenters. The van der Waals surface area contributed by atoms with Crippen molar-refractivity contribution in [2.45, 2.75) is 33.6 Å². The van der Waals surface area contributed by atoms with E-state index in [1.807, 2.05) is 31.2 Å². The molecule has 0 aliphatic carbocycles. The molecule has 0 spiro atoms. The van der Waals surface area contributed by atoms with Crippen LogP contribution < -0.4 is 10.6 Å². The minimum absolute atomic E-state index is 0.847. The zero-order valence-corrected chi connectivity index (χ0v) is 14.3. The molecule has 1 aromatic carbocycles. The summed E-state index contributed by atoms with van der Waals surface area (Å²) in [4.78, 5) is 9.25. The molecule has 0 aliphatic rings. The zero-order chi connectivity index (χ0) is 15.2. The number of benzene rings is 1. The van der Waals surface area contributed by atoms with Gasteiger partial charge in [0, 0.05) is 28.7 Å². The molecule has 0 bridgehead atoms. The predicted octanol–water partition coefficient (Wildman–Crippen LogP) is 4.68. The lowest BCUT2D eigenvalue weighted by molar-refractivity contribution is 0.833. The molecule has 0 fully saturated rings. The Morgan fingerprint density at radius 1 is 1.14 bits per heavy atom. The molecule has 4 nitrogen and oxygen atoms in total. The van der Waals surface area contributed by atoms with Crippen molar-refractivity contribution in [3.05, 3.63) is 40.1 Å². The molecule has 0 atom stereocenters. The van der Waals surface area contributed by atoms with Crippen LogP contribution in [0.4, 0.5) is 17.3 Å². The van der Waals surface area contributed by atoms with Crippen molar-refractivity contribution >= 4 is 33.3 Å². The summed E-state index contributed by atoms with van der Waals surface area (Å²) in [7, 11) is 0. The number of rotatable bonds is 6. The first-order chi connectivity index (χ1) is 10.1. The van der Waals surface area contributed by atoms with Gasteiger partial charge in [-0.25, -0.2) is 9.97 Å². The standard InChI is InChI=1S/C16H21BrN4/c1-4-7-14-20-15(18-5-2)11(3)16(21-14)19-13-9-6-8-12(17)10-13/h6,8-10H,4-5,7H2,1-3H3,(H2,18,19,20,21). The number of nitrogens with zero attached hydrogens (tertiary/aromatic N) is 2. The van der Waals surface area contributed by atoms with Crippen molar-refractivity contribution in [3.63, 3.8) is 0 Å². The predicted molar refractivity (Wildman–Crippen MR) is 92.4 cm³/mol. The zero-order valence-electron chi connectivity index (χ0n) is 12.7. The van der Waals surface area contributed by atoms with Gasteiger partial charge in [0.2, 0.25) is 0 Å². The van der Waals surface area contributed by atoms with E-state index in [4.69, 9.17) is 0 Å². The van der Waals surface area contributed by atoms with Crippen LogP contribution in [0.5, 0.6) is 0 Å². The Morgan fingerprint density at radius 2 is 1.90 bits per heavy atom. The lowest BCUT2D eigenvalue weighted by Crippen LogP contribution is -2.09. The fourth-order valence-electron chi connectivity index (χ4n) is 2.06. The smallest absolute Gasteiger partial charge is 0.139 e. The highest BCUT2D eigenvalue weighted by Gasteiger charge is 2.10. The van der Waals surface area contributed by atoms with Gasteiger partial charge in [0.1, 0.15) is 17.5 Å². The van der Waals surface area contributed by atoms with Gasteiger partial charge in [-0.1, -0.05) is 28.9 Å². The molecule has 0 saturated carbocycles. The molecule has 2 rings (SSSR count). The van der Waals surface area contributed by atoms with Gasteiger partial charge < -0.3 is 10.6 Å². The third kappa shape index (κ3) is 4.17. The average Bonchev–Trinajstić information content (AvgIpc) is 2.44. The van der Waals surface area contributed by atoms with Crippen LogP contribution in [0, 0.1) is 6.92 Å². The van der Waals surface area contributed by atoms with E-state index >= 15 is 0 Å². The Bertz CT molecular complexity index is 613. The van der Waals surface area contributed by atoms with Crippen LogP contribution in [0.15, 0.2) is 28.7 Å². The van der Waals surface area contributed by atoms with Crippen molar-refractivity contribution in [1.82, 2.24) is 9.97 Å². The van der Waals surface area contributed by atoms with Crippen LogP contribution in [-0.4, -0.2) is 16.5 Å². The van der Waals surface area contributed by atoms with Crippen LogP contribution in [0.25, 0.3) is 0 Å². The minimum atomic E-state index is 0.847. The Balaban J connectivity index is 2.36. The summed E-state index contributed by atoms with van der Waals surface area (Å²) in [6.07, 6.45) is 1.91. The second-order valence-electron chi connectivity index (χ2n) is 4.88. The number of aryl methyl sites for hydroxylation is 1. The number of hydrogen-bond donors (Lipinski definition) is 2. The van der Waals surface area contributed by atoms with Crippen LogP contribution >= 0.6 is 15.9 Å². The first kappa shape index (κ1) is 15.8. The van der Waals surface area contributed by atoms with E-state index in [9.17, 15) is 0 Å². The summed E-state index contributed by atoms with van der Waals surface area (Å²) in [6, 6.07) is 8.07. The fourth-order valence-corrected chi connectivity index (χ4v) is 2.46. The first-order valence-corrected chi connectivity index (χ1v) is 8.07. The maximum absolute atomic E-state index is 4.65. The molecule has 0 amide bonds. The molecular weight excluding hydrogens is 328 g/mol. The summed E-state index contributed by atoms with van der Waals surface area (Å²) in [5.74, 6) is 2.65. The number of aromatic nitrogens is 2. The van der Waals surface area contributed by atoms with E-state index in [1.165, 1.54) is 0 Å². The van der Waals surface area contributed by atoms with Gasteiger partial charge in [-0.2, -0.15) is 0 Å². The monoisotopic (exact) mass is 348 g/mol. The summed E-state index contributed by atoms with van der Waals surface area (Å²) >= 11 is 3.49. The highest BCUT2D eigenvalue weighted by atomic mass is 79.9. The van der Waals surface area contributed by atoms with Crippen LogP contribution in [0.1, 0.15) is 31.7 Å². The molecule has 1 heterocycles. The summed E-state index contributed by atoms with van der Waals surface area (Å²) < 4.78 is 1.04. The Labute approximate surface area is 134 Å². The molecule has 0 saturated heterocycles. The maximum Gasteiger partial charge on any atom is 0.139 e. The van der Waals surface area contributed by atoms with E-state index in [-0.39, 0.29) is 0 Å². The molecule has 0 radical (unpaired) electrons. The number of anilines is 3. The lowest BCUT2D eigenvalue weighted by Gasteiger charge is -2.14. The van der Waals surface area contributed by atoms with Gasteiger partial charge in [-0.15, -0.1) is 0 Å². The van der Waals surface area contributed by atoms with Crippen LogP contribution in [0.3, 0.4) is 0 Å². The van der Waals surface area contributed by atoms with Crippen molar-refractivity contribution in [2.75, 3.05) is 17.2 Å². The SMILES string of the molecule is CCCc1nc(NCC)c(C)c(Nc2cccc(Br)c2)n1. The fraction of sp³-hybridized carbons (Fsp3) is 0.375. The van der Waals surface area contributed by atoms with Gasteiger partial charge in [0.25, 0.3) is 0 Å². The number of nitrogens with one attached hydrogen (secondary N) is 2. The van der Waals surface area contributed by atoms with Crippen molar-refractivity contribution < 1.29 is 0 Å². The van der Waals surface area contributed by atoms with E-state index in [0.29, 0.717) is 0 Å². The quantitative estimate of drug-likeness (QED) is 0.795. The largest absolute Gasteiger partial charge is 0.370 e. The molecule has 2 aromatic rings. The Hall–Kier alpha value is -1.62. The van der Waals surface area contributed by atoms with Crippen molar-refractivity contribution in [1.29, 1.82) is 0 Å². The van der Waals surface area contributed by atoms with Gasteiger partial charge in [0.15, 0.2) is 0 Å². The molecule has 2 N–H and O–H groups in total. The van der Waals surface area contributed by atoms with E-state index in [1.54, 1.807) is 0 Å². The van der Waals surface area contributed by atoms with Gasteiger partial charge in [-0.3, -0.25) is 0 Å². The normalized spacial score (nSPS) is 10.5.